The van der Waals surface area contributed by atoms with Crippen LogP contribution in [-0.2, 0) is 11.3 Å². The first-order valence-electron chi connectivity index (χ1n) is 8.70. The molecule has 0 fully saturated rings. The van der Waals surface area contributed by atoms with Crippen LogP contribution in [0.5, 0.6) is 5.75 Å². The predicted molar refractivity (Wildman–Crippen MR) is 107 cm³/mol. The number of fused-ring (bicyclic) bond motifs is 1. The molecule has 2 aromatic carbocycles. The highest BCUT2D eigenvalue weighted by Gasteiger charge is 2.32. The highest BCUT2D eigenvalue weighted by atomic mass is 32.1. The molecule has 4 rings (SSSR count). The number of hydrogen-bond acceptors (Lipinski definition) is 6. The number of aryl methyl sites for hydroxylation is 1. The number of nitrogens with zero attached hydrogens (tertiary/aromatic N) is 3. The number of nitro groups is 1. The number of carbonyl (C=O) groups is 1. The summed E-state index contributed by atoms with van der Waals surface area (Å²) in [5, 5.41) is 13.8. The molecule has 142 valence electrons. The second-order valence-electron chi connectivity index (χ2n) is 6.54. The van der Waals surface area contributed by atoms with Crippen LogP contribution in [0.2, 0.25) is 0 Å². The number of hydrogen-bond donors (Lipinski definition) is 0. The van der Waals surface area contributed by atoms with E-state index < -0.39 is 11.0 Å². The molecule has 0 aliphatic carbocycles. The average Bonchev–Trinajstić information content (AvgIpc) is 3.12. The largest absolute Gasteiger partial charge is 0.479 e. The molecular formula is C20H17N3O4S. The molecule has 1 amide bonds. The monoisotopic (exact) mass is 395 g/mol. The third kappa shape index (κ3) is 3.34. The Morgan fingerprint density at radius 3 is 2.64 bits per heavy atom. The molecule has 3 aromatic rings. The van der Waals surface area contributed by atoms with Crippen molar-refractivity contribution in [2.45, 2.75) is 26.5 Å². The van der Waals surface area contributed by atoms with Gasteiger partial charge in [-0.05, 0) is 37.6 Å². The van der Waals surface area contributed by atoms with Crippen molar-refractivity contribution in [3.63, 3.8) is 0 Å². The van der Waals surface area contributed by atoms with E-state index in [9.17, 15) is 14.9 Å². The molecule has 0 N–H and O–H groups in total. The van der Waals surface area contributed by atoms with E-state index in [1.165, 1.54) is 12.1 Å². The van der Waals surface area contributed by atoms with Crippen LogP contribution in [0, 0.1) is 17.0 Å². The number of aromatic nitrogens is 1. The van der Waals surface area contributed by atoms with Crippen LogP contribution in [0.1, 0.15) is 17.5 Å². The Labute approximate surface area is 165 Å². The number of amides is 1. The molecule has 1 aromatic heterocycles. The summed E-state index contributed by atoms with van der Waals surface area (Å²) in [6.45, 7) is 3.96. The SMILES string of the molecule is Cc1nc(-c2ccc3c(c2)N(Cc2ccc([N+](=O)[O-])cc2)C(=O)C(C)O3)cs1. The topological polar surface area (TPSA) is 85.6 Å². The zero-order valence-electron chi connectivity index (χ0n) is 15.3. The lowest BCUT2D eigenvalue weighted by Crippen LogP contribution is -2.44. The van der Waals surface area contributed by atoms with E-state index in [-0.39, 0.29) is 11.6 Å². The summed E-state index contributed by atoms with van der Waals surface area (Å²) in [5.41, 5.74) is 3.25. The minimum atomic E-state index is -0.599. The van der Waals surface area contributed by atoms with Gasteiger partial charge in [0.25, 0.3) is 11.6 Å². The van der Waals surface area contributed by atoms with Gasteiger partial charge in [-0.15, -0.1) is 11.3 Å². The van der Waals surface area contributed by atoms with Crippen molar-refractivity contribution >= 4 is 28.6 Å². The summed E-state index contributed by atoms with van der Waals surface area (Å²) >= 11 is 1.57. The summed E-state index contributed by atoms with van der Waals surface area (Å²) in [4.78, 5) is 29.4. The standard InChI is InChI=1S/C20H17N3O4S/c1-12-20(24)22(10-14-3-6-16(7-4-14)23(25)26)18-9-15(5-8-19(18)27-12)17-11-28-13(2)21-17/h3-9,11-12H,10H2,1-2H3. The molecule has 8 heteroatoms. The van der Waals surface area contributed by atoms with Gasteiger partial charge in [-0.25, -0.2) is 4.98 Å². The number of ether oxygens (including phenoxy) is 1. The van der Waals surface area contributed by atoms with E-state index >= 15 is 0 Å². The second-order valence-corrected chi connectivity index (χ2v) is 7.60. The van der Waals surface area contributed by atoms with Crippen LogP contribution in [0.4, 0.5) is 11.4 Å². The van der Waals surface area contributed by atoms with Gasteiger partial charge in [-0.3, -0.25) is 14.9 Å². The quantitative estimate of drug-likeness (QED) is 0.484. The fourth-order valence-corrected chi connectivity index (χ4v) is 3.75. The van der Waals surface area contributed by atoms with Gasteiger partial charge < -0.3 is 9.64 Å². The highest BCUT2D eigenvalue weighted by molar-refractivity contribution is 7.09. The number of non-ortho nitro benzene ring substituents is 1. The molecule has 28 heavy (non-hydrogen) atoms. The maximum Gasteiger partial charge on any atom is 0.269 e. The van der Waals surface area contributed by atoms with Crippen molar-refractivity contribution in [3.05, 3.63) is 68.5 Å². The molecule has 7 nitrogen and oxygen atoms in total. The lowest BCUT2D eigenvalue weighted by atomic mass is 10.1. The first kappa shape index (κ1) is 18.1. The molecule has 1 aliphatic rings. The molecule has 0 saturated carbocycles. The number of thiazole rings is 1. The number of carbonyl (C=O) groups excluding carboxylic acids is 1. The van der Waals surface area contributed by atoms with Gasteiger partial charge in [0.2, 0.25) is 0 Å². The number of rotatable bonds is 4. The number of benzene rings is 2. The predicted octanol–water partition coefficient (Wildman–Crippen LogP) is 4.34. The zero-order chi connectivity index (χ0) is 19.8. The summed E-state index contributed by atoms with van der Waals surface area (Å²) in [6.07, 6.45) is -0.599. The van der Waals surface area contributed by atoms with E-state index in [0.717, 1.165) is 21.8 Å². The van der Waals surface area contributed by atoms with Crippen molar-refractivity contribution in [2.24, 2.45) is 0 Å². The molecule has 0 spiro atoms. The normalized spacial score (nSPS) is 15.9. The Morgan fingerprint density at radius 2 is 2.00 bits per heavy atom. The molecule has 0 saturated heterocycles. The molecule has 1 aliphatic heterocycles. The summed E-state index contributed by atoms with van der Waals surface area (Å²) in [5.74, 6) is 0.474. The van der Waals surface area contributed by atoms with Crippen LogP contribution < -0.4 is 9.64 Å². The van der Waals surface area contributed by atoms with Crippen molar-refractivity contribution in [2.75, 3.05) is 4.90 Å². The summed E-state index contributed by atoms with van der Waals surface area (Å²) < 4.78 is 5.76. The van der Waals surface area contributed by atoms with E-state index in [0.29, 0.717) is 18.0 Å². The fourth-order valence-electron chi connectivity index (χ4n) is 3.13. The highest BCUT2D eigenvalue weighted by Crippen LogP contribution is 2.38. The molecule has 0 bridgehead atoms. The van der Waals surface area contributed by atoms with Gasteiger partial charge in [0.05, 0.1) is 27.9 Å². The van der Waals surface area contributed by atoms with Gasteiger partial charge in [0, 0.05) is 23.1 Å². The molecular weight excluding hydrogens is 378 g/mol. The van der Waals surface area contributed by atoms with Crippen molar-refractivity contribution in [3.8, 4) is 17.0 Å². The Balaban J connectivity index is 1.70. The Morgan fingerprint density at radius 1 is 1.25 bits per heavy atom. The average molecular weight is 395 g/mol. The maximum absolute atomic E-state index is 12.8. The first-order chi connectivity index (χ1) is 13.4. The van der Waals surface area contributed by atoms with Crippen molar-refractivity contribution in [1.82, 2.24) is 4.98 Å². The second kappa shape index (κ2) is 7.05. The van der Waals surface area contributed by atoms with Crippen molar-refractivity contribution < 1.29 is 14.5 Å². The lowest BCUT2D eigenvalue weighted by Gasteiger charge is -2.33. The summed E-state index contributed by atoms with van der Waals surface area (Å²) in [7, 11) is 0. The van der Waals surface area contributed by atoms with Gasteiger partial charge >= 0.3 is 0 Å². The minimum Gasteiger partial charge on any atom is -0.479 e. The summed E-state index contributed by atoms with van der Waals surface area (Å²) in [6, 6.07) is 11.9. The van der Waals surface area contributed by atoms with Crippen LogP contribution in [0.3, 0.4) is 0 Å². The van der Waals surface area contributed by atoms with Gasteiger partial charge in [-0.1, -0.05) is 12.1 Å². The smallest absolute Gasteiger partial charge is 0.269 e. The van der Waals surface area contributed by atoms with Crippen LogP contribution >= 0.6 is 11.3 Å². The Kier molecular flexibility index (Phi) is 4.56. The van der Waals surface area contributed by atoms with Gasteiger partial charge in [0.15, 0.2) is 6.10 Å². The molecule has 2 heterocycles. The molecule has 1 unspecified atom stereocenters. The lowest BCUT2D eigenvalue weighted by molar-refractivity contribution is -0.384. The maximum atomic E-state index is 12.8. The van der Waals surface area contributed by atoms with Crippen molar-refractivity contribution in [1.29, 1.82) is 0 Å². The van der Waals surface area contributed by atoms with Crippen LogP contribution in [-0.4, -0.2) is 21.9 Å². The van der Waals surface area contributed by atoms with E-state index in [1.54, 1.807) is 35.3 Å². The number of nitro benzene ring substituents is 1. The van der Waals surface area contributed by atoms with Crippen LogP contribution in [0.25, 0.3) is 11.3 Å². The third-order valence-electron chi connectivity index (χ3n) is 4.57. The van der Waals surface area contributed by atoms with E-state index in [2.05, 4.69) is 4.98 Å². The Hall–Kier alpha value is -3.26. The van der Waals surface area contributed by atoms with Gasteiger partial charge in [0.1, 0.15) is 5.75 Å². The molecule has 1 atom stereocenters. The molecule has 0 radical (unpaired) electrons. The van der Waals surface area contributed by atoms with Gasteiger partial charge in [-0.2, -0.15) is 0 Å². The first-order valence-corrected chi connectivity index (χ1v) is 9.58. The van der Waals surface area contributed by atoms with E-state index in [4.69, 9.17) is 4.74 Å². The van der Waals surface area contributed by atoms with E-state index in [1.807, 2.05) is 30.5 Å². The van der Waals surface area contributed by atoms with Crippen LogP contribution in [0.15, 0.2) is 47.8 Å². The fraction of sp³-hybridized carbons (Fsp3) is 0.200. The Bertz CT molecular complexity index is 1060. The zero-order valence-corrected chi connectivity index (χ0v) is 16.1. The third-order valence-corrected chi connectivity index (χ3v) is 5.34. The minimum absolute atomic E-state index is 0.0204. The number of anilines is 1.